The average Bonchev–Trinajstić information content (AvgIpc) is 2.18. The van der Waals surface area contributed by atoms with Crippen LogP contribution in [0.2, 0.25) is 5.02 Å². The highest BCUT2D eigenvalue weighted by Gasteiger charge is 2.26. The molecule has 1 aromatic carbocycles. The molecule has 0 bridgehead atoms. The Labute approximate surface area is 94.1 Å². The highest BCUT2D eigenvalue weighted by molar-refractivity contribution is 6.30. The second kappa shape index (κ2) is 3.82. The minimum absolute atomic E-state index is 0.232. The fraction of sp³-hybridized carbons (Fsp3) is 0.231. The van der Waals surface area contributed by atoms with Crippen molar-refractivity contribution >= 4 is 11.6 Å². The Bertz CT molecular complexity index is 434. The number of benzene rings is 1. The zero-order chi connectivity index (χ0) is 10.9. The van der Waals surface area contributed by atoms with Crippen molar-refractivity contribution in [3.05, 3.63) is 58.9 Å². The van der Waals surface area contributed by atoms with E-state index in [9.17, 15) is 4.39 Å². The highest BCUT2D eigenvalue weighted by atomic mass is 35.5. The van der Waals surface area contributed by atoms with E-state index in [2.05, 4.69) is 0 Å². The third-order valence-electron chi connectivity index (χ3n) is 2.80. The monoisotopic (exact) mass is 222 g/mol. The Balaban J connectivity index is 2.45. The molecule has 0 saturated heterocycles. The zero-order valence-electron chi connectivity index (χ0n) is 8.50. The van der Waals surface area contributed by atoms with Gasteiger partial charge < -0.3 is 0 Å². The van der Waals surface area contributed by atoms with Gasteiger partial charge in [0.25, 0.3) is 0 Å². The van der Waals surface area contributed by atoms with Crippen LogP contribution in [0, 0.1) is 5.82 Å². The van der Waals surface area contributed by atoms with Crippen LogP contribution in [-0.4, -0.2) is 0 Å². The van der Waals surface area contributed by atoms with Crippen molar-refractivity contribution in [3.63, 3.8) is 0 Å². The van der Waals surface area contributed by atoms with Crippen LogP contribution in [0.5, 0.6) is 0 Å². The first-order chi connectivity index (χ1) is 7.12. The minimum Gasteiger partial charge on any atom is -0.207 e. The van der Waals surface area contributed by atoms with E-state index < -0.39 is 0 Å². The normalized spacial score (nSPS) is 24.5. The molecule has 15 heavy (non-hydrogen) atoms. The summed E-state index contributed by atoms with van der Waals surface area (Å²) < 4.78 is 13.7. The molecular formula is C13H12ClF. The van der Waals surface area contributed by atoms with E-state index in [4.69, 9.17) is 11.6 Å². The number of hydrogen-bond acceptors (Lipinski definition) is 0. The molecule has 0 saturated carbocycles. The third-order valence-corrected chi connectivity index (χ3v) is 3.03. The Hall–Kier alpha value is -1.08. The van der Waals surface area contributed by atoms with Crippen molar-refractivity contribution in [2.24, 2.45) is 0 Å². The lowest BCUT2D eigenvalue weighted by atomic mass is 9.77. The number of allylic oxidation sites excluding steroid dienone is 4. The molecule has 1 aromatic rings. The Morgan fingerprint density at radius 2 is 2.13 bits per heavy atom. The number of halogens is 2. The van der Waals surface area contributed by atoms with E-state index in [-0.39, 0.29) is 11.2 Å². The van der Waals surface area contributed by atoms with E-state index in [0.717, 1.165) is 6.42 Å². The molecule has 0 unspecified atom stereocenters. The minimum atomic E-state index is -0.247. The van der Waals surface area contributed by atoms with E-state index in [1.807, 2.05) is 31.2 Å². The molecule has 1 atom stereocenters. The van der Waals surface area contributed by atoms with Gasteiger partial charge in [0.05, 0.1) is 0 Å². The van der Waals surface area contributed by atoms with E-state index in [1.54, 1.807) is 12.1 Å². The molecule has 2 rings (SSSR count). The summed E-state index contributed by atoms with van der Waals surface area (Å²) in [4.78, 5) is 0. The van der Waals surface area contributed by atoms with Crippen LogP contribution in [0.25, 0.3) is 0 Å². The molecule has 0 aliphatic heterocycles. The predicted octanol–water partition coefficient (Wildman–Crippen LogP) is 4.25. The van der Waals surface area contributed by atoms with Gasteiger partial charge in [-0.05, 0) is 24.1 Å². The first-order valence-electron chi connectivity index (χ1n) is 4.92. The van der Waals surface area contributed by atoms with Gasteiger partial charge in [0.2, 0.25) is 0 Å². The molecule has 2 heteroatoms. The standard InChI is InChI=1S/C13H12ClF/c1-13(7-3-2-4-8-13)11-6-5-10(14)9-12(11)15/h2-7,9H,8H2,1H3/t13-/m0/s1. The maximum atomic E-state index is 13.7. The second-order valence-corrected chi connectivity index (χ2v) is 4.47. The van der Waals surface area contributed by atoms with Crippen molar-refractivity contribution in [1.82, 2.24) is 0 Å². The first-order valence-corrected chi connectivity index (χ1v) is 5.29. The van der Waals surface area contributed by atoms with E-state index in [1.165, 1.54) is 6.07 Å². The molecule has 0 fully saturated rings. The third kappa shape index (κ3) is 1.98. The summed E-state index contributed by atoms with van der Waals surface area (Å²) in [6.07, 6.45) is 8.84. The maximum Gasteiger partial charge on any atom is 0.128 e. The molecule has 1 aliphatic rings. The number of rotatable bonds is 1. The molecule has 0 nitrogen and oxygen atoms in total. The molecule has 0 heterocycles. The van der Waals surface area contributed by atoms with Crippen LogP contribution in [0.1, 0.15) is 18.9 Å². The van der Waals surface area contributed by atoms with Gasteiger partial charge in [-0.25, -0.2) is 4.39 Å². The molecule has 0 spiro atoms. The van der Waals surface area contributed by atoms with Gasteiger partial charge in [0, 0.05) is 10.4 Å². The molecule has 0 radical (unpaired) electrons. The highest BCUT2D eigenvalue weighted by Crippen LogP contribution is 2.34. The summed E-state index contributed by atoms with van der Waals surface area (Å²) in [6, 6.07) is 4.87. The van der Waals surface area contributed by atoms with Crippen molar-refractivity contribution in [1.29, 1.82) is 0 Å². The Kier molecular flexibility index (Phi) is 2.66. The van der Waals surface area contributed by atoms with Crippen molar-refractivity contribution in [3.8, 4) is 0 Å². The van der Waals surface area contributed by atoms with Gasteiger partial charge in [-0.1, -0.05) is 48.9 Å². The van der Waals surface area contributed by atoms with E-state index in [0.29, 0.717) is 10.6 Å². The maximum absolute atomic E-state index is 13.7. The SMILES string of the molecule is C[C@]1(c2ccc(Cl)cc2F)C=CC=CC1. The van der Waals surface area contributed by atoms with Crippen LogP contribution >= 0.6 is 11.6 Å². The largest absolute Gasteiger partial charge is 0.207 e. The van der Waals surface area contributed by atoms with Crippen molar-refractivity contribution in [2.75, 3.05) is 0 Å². The van der Waals surface area contributed by atoms with Gasteiger partial charge in [-0.2, -0.15) is 0 Å². The first kappa shape index (κ1) is 10.4. The van der Waals surface area contributed by atoms with Gasteiger partial charge >= 0.3 is 0 Å². The van der Waals surface area contributed by atoms with Crippen LogP contribution in [0.3, 0.4) is 0 Å². The molecule has 0 N–H and O–H groups in total. The molecule has 1 aliphatic carbocycles. The molecule has 78 valence electrons. The Morgan fingerprint density at radius 3 is 2.73 bits per heavy atom. The fourth-order valence-corrected chi connectivity index (χ4v) is 2.04. The summed E-state index contributed by atoms with van der Waals surface area (Å²) in [7, 11) is 0. The smallest absolute Gasteiger partial charge is 0.128 e. The number of hydrogen-bond donors (Lipinski definition) is 0. The van der Waals surface area contributed by atoms with E-state index >= 15 is 0 Å². The van der Waals surface area contributed by atoms with Gasteiger partial charge in [0.15, 0.2) is 0 Å². The van der Waals surface area contributed by atoms with Crippen LogP contribution < -0.4 is 0 Å². The second-order valence-electron chi connectivity index (χ2n) is 4.03. The lowest BCUT2D eigenvalue weighted by molar-refractivity contribution is 0.530. The van der Waals surface area contributed by atoms with Crippen molar-refractivity contribution in [2.45, 2.75) is 18.8 Å². The molecule has 0 aromatic heterocycles. The molecular weight excluding hydrogens is 211 g/mol. The van der Waals surface area contributed by atoms with Crippen LogP contribution in [-0.2, 0) is 5.41 Å². The summed E-state index contributed by atoms with van der Waals surface area (Å²) in [6.45, 7) is 2.03. The zero-order valence-corrected chi connectivity index (χ0v) is 9.26. The lowest BCUT2D eigenvalue weighted by Gasteiger charge is -2.27. The molecule has 0 amide bonds. The summed E-state index contributed by atoms with van der Waals surface area (Å²) in [5, 5.41) is 0.440. The van der Waals surface area contributed by atoms with Gasteiger partial charge in [0.1, 0.15) is 5.82 Å². The summed E-state index contributed by atoms with van der Waals surface area (Å²) >= 11 is 5.73. The predicted molar refractivity (Wildman–Crippen MR) is 61.7 cm³/mol. The van der Waals surface area contributed by atoms with Gasteiger partial charge in [-0.3, -0.25) is 0 Å². The van der Waals surface area contributed by atoms with Crippen molar-refractivity contribution < 1.29 is 4.39 Å². The van der Waals surface area contributed by atoms with Crippen LogP contribution in [0.4, 0.5) is 4.39 Å². The van der Waals surface area contributed by atoms with Gasteiger partial charge in [-0.15, -0.1) is 0 Å². The summed E-state index contributed by atoms with van der Waals surface area (Å²) in [5.74, 6) is -0.232. The Morgan fingerprint density at radius 1 is 1.33 bits per heavy atom. The lowest BCUT2D eigenvalue weighted by Crippen LogP contribution is -2.21. The average molecular weight is 223 g/mol. The van der Waals surface area contributed by atoms with Crippen LogP contribution in [0.15, 0.2) is 42.5 Å². The summed E-state index contributed by atoms with van der Waals surface area (Å²) in [5.41, 5.74) is 0.455. The quantitative estimate of drug-likeness (QED) is 0.666. The fourth-order valence-electron chi connectivity index (χ4n) is 1.88. The topological polar surface area (TPSA) is 0 Å².